The van der Waals surface area contributed by atoms with E-state index < -0.39 is 5.51 Å². The van der Waals surface area contributed by atoms with E-state index in [0.717, 1.165) is 55.2 Å². The number of hydrogen-bond acceptors (Lipinski definition) is 3. The van der Waals surface area contributed by atoms with Gasteiger partial charge < -0.3 is 0 Å². The van der Waals surface area contributed by atoms with Crippen molar-refractivity contribution in [3.05, 3.63) is 78.6 Å². The van der Waals surface area contributed by atoms with Crippen molar-refractivity contribution >= 4 is 20.6 Å². The number of hydrogen-bond donors (Lipinski definition) is 0. The Morgan fingerprint density at radius 3 is 1.88 bits per heavy atom. The molecule has 0 unspecified atom stereocenters. The van der Waals surface area contributed by atoms with Crippen molar-refractivity contribution in [1.82, 2.24) is 0 Å². The van der Waals surface area contributed by atoms with Gasteiger partial charge in [0.25, 0.3) is 0 Å². The predicted molar refractivity (Wildman–Crippen MR) is 104 cm³/mol. The molecule has 0 N–H and O–H groups in total. The third kappa shape index (κ3) is 6.08. The molecule has 1 aromatic carbocycles. The molecule has 3 rings (SSSR count). The molecule has 0 fully saturated rings. The van der Waals surface area contributed by atoms with E-state index in [0.29, 0.717) is 0 Å². The number of para-hydroxylation sites is 1. The Labute approximate surface area is 156 Å². The van der Waals surface area contributed by atoms with E-state index in [2.05, 4.69) is 27.2 Å². The van der Waals surface area contributed by atoms with Crippen LogP contribution in [0.15, 0.2) is 76.0 Å². The first-order valence-electron chi connectivity index (χ1n) is 8.53. The number of aryl methyl sites for hydroxylation is 2. The van der Waals surface area contributed by atoms with Crippen molar-refractivity contribution in [2.24, 2.45) is 0 Å². The summed E-state index contributed by atoms with van der Waals surface area (Å²) in [5, 5.41) is 0. The molecule has 0 saturated carbocycles. The first-order chi connectivity index (χ1) is 12.2. The van der Waals surface area contributed by atoms with Crippen molar-refractivity contribution in [3.8, 4) is 5.75 Å². The van der Waals surface area contributed by atoms with E-state index in [-0.39, 0.29) is 0 Å². The standard InChI is InChI=1S/C20H23O3PSe/c25-24(15-10-19-8-4-12-21-19,16-11-20-9-5-13-22-20)17-14-23-18-6-2-1-3-7-18/h1-9,12-13H,10-11,14-17H2. The Kier molecular flexibility index (Phi) is 6.81. The summed E-state index contributed by atoms with van der Waals surface area (Å²) in [6.45, 7) is 0.737. The summed E-state index contributed by atoms with van der Waals surface area (Å²) < 4.78 is 17.0. The molecular weight excluding hydrogens is 398 g/mol. The van der Waals surface area contributed by atoms with Gasteiger partial charge in [-0.05, 0) is 0 Å². The van der Waals surface area contributed by atoms with Crippen molar-refractivity contribution in [1.29, 1.82) is 0 Å². The van der Waals surface area contributed by atoms with Crippen molar-refractivity contribution in [2.75, 3.05) is 25.1 Å². The van der Waals surface area contributed by atoms with Gasteiger partial charge in [0.1, 0.15) is 0 Å². The van der Waals surface area contributed by atoms with Gasteiger partial charge in [-0.3, -0.25) is 0 Å². The average Bonchev–Trinajstić information content (AvgIpc) is 3.33. The summed E-state index contributed by atoms with van der Waals surface area (Å²) in [6, 6.07) is 18.0. The van der Waals surface area contributed by atoms with Crippen molar-refractivity contribution in [2.45, 2.75) is 12.8 Å². The summed E-state index contributed by atoms with van der Waals surface area (Å²) in [7, 11) is 0. The van der Waals surface area contributed by atoms with Crippen LogP contribution in [0.3, 0.4) is 0 Å². The molecular formula is C20H23O3PSe. The molecule has 0 amide bonds. The second-order valence-corrected chi connectivity index (χ2v) is 14.4. The zero-order valence-corrected chi connectivity index (χ0v) is 16.8. The predicted octanol–water partition coefficient (Wildman–Crippen LogP) is 4.84. The molecule has 2 heterocycles. The van der Waals surface area contributed by atoms with Crippen LogP contribution in [0.25, 0.3) is 0 Å². The monoisotopic (exact) mass is 422 g/mol. The van der Waals surface area contributed by atoms with E-state index in [1.54, 1.807) is 12.5 Å². The van der Waals surface area contributed by atoms with Crippen LogP contribution in [0.2, 0.25) is 0 Å². The van der Waals surface area contributed by atoms with E-state index in [1.165, 1.54) is 0 Å². The summed E-state index contributed by atoms with van der Waals surface area (Å²) in [5.74, 6) is 3.05. The van der Waals surface area contributed by atoms with Crippen LogP contribution >= 0.6 is 5.51 Å². The second-order valence-electron chi connectivity index (χ2n) is 6.05. The molecule has 0 radical (unpaired) electrons. The molecule has 132 valence electrons. The van der Waals surface area contributed by atoms with Gasteiger partial charge >= 0.3 is 157 Å². The Morgan fingerprint density at radius 2 is 1.36 bits per heavy atom. The molecule has 0 spiro atoms. The third-order valence-corrected chi connectivity index (χ3v) is 10.7. The molecule has 25 heavy (non-hydrogen) atoms. The number of ether oxygens (including phenoxy) is 1. The number of rotatable bonds is 10. The summed E-state index contributed by atoms with van der Waals surface area (Å²) in [5.41, 5.74) is -1.26. The van der Waals surface area contributed by atoms with Gasteiger partial charge in [-0.25, -0.2) is 0 Å². The molecule has 3 aromatic rings. The maximum atomic E-state index is 5.94. The van der Waals surface area contributed by atoms with Gasteiger partial charge in [0.05, 0.1) is 0 Å². The van der Waals surface area contributed by atoms with Crippen molar-refractivity contribution in [3.63, 3.8) is 0 Å². The zero-order valence-electron chi connectivity index (χ0n) is 14.2. The molecule has 0 aliphatic rings. The normalized spacial score (nSPS) is 11.5. The molecule has 0 atom stereocenters. The van der Waals surface area contributed by atoms with Crippen LogP contribution in [-0.4, -0.2) is 40.2 Å². The number of furan rings is 2. The SMILES string of the molecule is [Se]=P(CCOc1ccccc1)(CCc1ccco1)CCc1ccco1. The molecule has 3 nitrogen and oxygen atoms in total. The maximum absolute atomic E-state index is 5.94. The molecule has 2 aromatic heterocycles. The van der Waals surface area contributed by atoms with Crippen LogP contribution in [0, 0.1) is 0 Å². The summed E-state index contributed by atoms with van der Waals surface area (Å²) in [6.07, 6.45) is 8.74. The van der Waals surface area contributed by atoms with E-state index in [1.807, 2.05) is 42.5 Å². The van der Waals surface area contributed by atoms with Crippen LogP contribution in [0.1, 0.15) is 11.5 Å². The summed E-state index contributed by atoms with van der Waals surface area (Å²) in [4.78, 5) is 0. The van der Waals surface area contributed by atoms with Crippen LogP contribution < -0.4 is 4.74 Å². The van der Waals surface area contributed by atoms with Crippen LogP contribution in [0.4, 0.5) is 0 Å². The van der Waals surface area contributed by atoms with Crippen LogP contribution in [-0.2, 0) is 12.8 Å². The third-order valence-electron chi connectivity index (χ3n) is 4.20. The van der Waals surface area contributed by atoms with E-state index in [4.69, 9.17) is 13.6 Å². The molecule has 0 saturated heterocycles. The van der Waals surface area contributed by atoms with Gasteiger partial charge in [0.2, 0.25) is 0 Å². The van der Waals surface area contributed by atoms with Gasteiger partial charge in [-0.15, -0.1) is 0 Å². The van der Waals surface area contributed by atoms with E-state index in [9.17, 15) is 0 Å². The first kappa shape index (κ1) is 18.3. The minimum absolute atomic E-state index is 0.737. The van der Waals surface area contributed by atoms with Gasteiger partial charge in [-0.2, -0.15) is 0 Å². The van der Waals surface area contributed by atoms with Crippen LogP contribution in [0.5, 0.6) is 5.75 Å². The Balaban J connectivity index is 1.57. The average molecular weight is 421 g/mol. The fraction of sp³-hybridized carbons (Fsp3) is 0.300. The molecule has 0 bridgehead atoms. The number of benzene rings is 1. The van der Waals surface area contributed by atoms with Gasteiger partial charge in [0, 0.05) is 0 Å². The zero-order chi connectivity index (χ0) is 17.4. The minimum atomic E-state index is -1.26. The molecule has 0 aliphatic heterocycles. The Morgan fingerprint density at radius 1 is 0.760 bits per heavy atom. The fourth-order valence-electron chi connectivity index (χ4n) is 2.72. The molecule has 5 heteroatoms. The quantitative estimate of drug-likeness (QED) is 0.347. The van der Waals surface area contributed by atoms with E-state index >= 15 is 0 Å². The Bertz CT molecular complexity index is 724. The van der Waals surface area contributed by atoms with Crippen molar-refractivity contribution < 1.29 is 13.6 Å². The van der Waals surface area contributed by atoms with Gasteiger partial charge in [0.15, 0.2) is 0 Å². The first-order valence-corrected chi connectivity index (χ1v) is 13.1. The summed E-state index contributed by atoms with van der Waals surface area (Å²) >= 11 is 3.55. The van der Waals surface area contributed by atoms with Gasteiger partial charge in [-0.1, -0.05) is 0 Å². The fourth-order valence-corrected chi connectivity index (χ4v) is 6.69. The Hall–Kier alpha value is -1.47. The topological polar surface area (TPSA) is 35.5 Å². The second kappa shape index (κ2) is 9.29. The molecule has 0 aliphatic carbocycles.